The molecule has 4 aromatic rings. The molecule has 1 aliphatic heterocycles. The second-order valence-electron chi connectivity index (χ2n) is 7.10. The van der Waals surface area contributed by atoms with Crippen LogP contribution in [0.25, 0.3) is 21.9 Å². The van der Waals surface area contributed by atoms with Gasteiger partial charge in [0, 0.05) is 41.7 Å². The Kier molecular flexibility index (Phi) is 3.53. The Morgan fingerprint density at radius 1 is 1.26 bits per heavy atom. The van der Waals surface area contributed by atoms with Crippen molar-refractivity contribution in [2.45, 2.75) is 25.9 Å². The number of imidazole rings is 1. The van der Waals surface area contributed by atoms with Crippen molar-refractivity contribution in [3.05, 3.63) is 65.9 Å². The van der Waals surface area contributed by atoms with E-state index in [0.29, 0.717) is 13.1 Å². The van der Waals surface area contributed by atoms with Gasteiger partial charge in [0.15, 0.2) is 0 Å². The first-order valence-corrected chi connectivity index (χ1v) is 9.11. The number of benzene rings is 2. The van der Waals surface area contributed by atoms with Crippen LogP contribution in [0.4, 0.5) is 4.39 Å². The van der Waals surface area contributed by atoms with Crippen molar-refractivity contribution in [2.75, 3.05) is 6.54 Å². The predicted molar refractivity (Wildman–Crippen MR) is 102 cm³/mol. The zero-order chi connectivity index (χ0) is 18.5. The number of carbonyl (C=O) groups is 1. The number of hydrogen-bond acceptors (Lipinski definition) is 2. The lowest BCUT2D eigenvalue weighted by molar-refractivity contribution is -0.135. The van der Waals surface area contributed by atoms with Crippen molar-refractivity contribution in [3.8, 4) is 0 Å². The molecule has 2 aromatic carbocycles. The minimum atomic E-state index is -0.346. The number of fused-ring (bicyclic) bond motifs is 4. The molecular formula is C21H19FN4O. The second-order valence-corrected chi connectivity index (χ2v) is 7.10. The SMILES string of the molecule is C[C@@H](C(=O)N1CCc2[nH]c3ccc(F)cc3c2C1)n1cnc2ccccc21. The molecule has 1 amide bonds. The highest BCUT2D eigenvalue weighted by atomic mass is 19.1. The smallest absolute Gasteiger partial charge is 0.245 e. The van der Waals surface area contributed by atoms with Gasteiger partial charge >= 0.3 is 0 Å². The molecule has 1 N–H and O–H groups in total. The van der Waals surface area contributed by atoms with E-state index < -0.39 is 0 Å². The van der Waals surface area contributed by atoms with Gasteiger partial charge in [0.1, 0.15) is 11.9 Å². The highest BCUT2D eigenvalue weighted by molar-refractivity contribution is 5.87. The van der Waals surface area contributed by atoms with Crippen molar-refractivity contribution < 1.29 is 9.18 Å². The van der Waals surface area contributed by atoms with E-state index in [4.69, 9.17) is 0 Å². The van der Waals surface area contributed by atoms with E-state index in [9.17, 15) is 9.18 Å². The van der Waals surface area contributed by atoms with Gasteiger partial charge in [-0.2, -0.15) is 0 Å². The molecule has 1 aliphatic rings. The van der Waals surface area contributed by atoms with Crippen LogP contribution >= 0.6 is 0 Å². The molecule has 1 atom stereocenters. The summed E-state index contributed by atoms with van der Waals surface area (Å²) in [6.45, 7) is 3.05. The van der Waals surface area contributed by atoms with Gasteiger partial charge in [-0.25, -0.2) is 9.37 Å². The van der Waals surface area contributed by atoms with Gasteiger partial charge in [-0.1, -0.05) is 12.1 Å². The molecule has 0 unspecified atom stereocenters. The number of H-pyrrole nitrogens is 1. The highest BCUT2D eigenvalue weighted by Crippen LogP contribution is 2.29. The Morgan fingerprint density at radius 3 is 3.00 bits per heavy atom. The van der Waals surface area contributed by atoms with Crippen LogP contribution in [-0.4, -0.2) is 31.9 Å². The molecule has 136 valence electrons. The Morgan fingerprint density at radius 2 is 2.11 bits per heavy atom. The third kappa shape index (κ3) is 2.51. The van der Waals surface area contributed by atoms with Crippen molar-refractivity contribution >= 4 is 27.8 Å². The van der Waals surface area contributed by atoms with Gasteiger partial charge in [-0.05, 0) is 37.3 Å². The number of aromatic nitrogens is 3. The molecule has 0 bridgehead atoms. The van der Waals surface area contributed by atoms with E-state index >= 15 is 0 Å². The Balaban J connectivity index is 1.46. The first kappa shape index (κ1) is 16.1. The molecule has 0 radical (unpaired) electrons. The topological polar surface area (TPSA) is 53.9 Å². The van der Waals surface area contributed by atoms with Crippen molar-refractivity contribution in [1.29, 1.82) is 0 Å². The lowest BCUT2D eigenvalue weighted by atomic mass is 10.0. The average molecular weight is 362 g/mol. The molecule has 2 aromatic heterocycles. The van der Waals surface area contributed by atoms with E-state index in [1.165, 1.54) is 6.07 Å². The summed E-state index contributed by atoms with van der Waals surface area (Å²) in [5.41, 5.74) is 4.87. The van der Waals surface area contributed by atoms with Gasteiger partial charge < -0.3 is 14.5 Å². The predicted octanol–water partition coefficient (Wildman–Crippen LogP) is 3.80. The fraction of sp³-hybridized carbons (Fsp3) is 0.238. The molecule has 3 heterocycles. The minimum absolute atomic E-state index is 0.0505. The van der Waals surface area contributed by atoms with E-state index in [2.05, 4.69) is 9.97 Å². The second kappa shape index (κ2) is 5.94. The standard InChI is InChI=1S/C21H19FN4O/c1-13(26-12-23-19-4-2-3-5-20(19)26)21(27)25-9-8-18-16(11-25)15-10-14(22)6-7-17(15)24-18/h2-7,10,12-13,24H,8-9,11H2,1H3/t13-/m0/s1. The van der Waals surface area contributed by atoms with Crippen LogP contribution < -0.4 is 0 Å². The summed E-state index contributed by atoms with van der Waals surface area (Å²) < 4.78 is 15.6. The van der Waals surface area contributed by atoms with Crippen molar-refractivity contribution in [2.24, 2.45) is 0 Å². The van der Waals surface area contributed by atoms with E-state index in [0.717, 1.165) is 39.6 Å². The number of hydrogen-bond donors (Lipinski definition) is 1. The first-order chi connectivity index (χ1) is 13.1. The average Bonchev–Trinajstić information content (AvgIpc) is 3.27. The normalized spacial score (nSPS) is 15.3. The summed E-state index contributed by atoms with van der Waals surface area (Å²) in [6, 6.07) is 12.2. The van der Waals surface area contributed by atoms with Crippen LogP contribution in [0.2, 0.25) is 0 Å². The lowest BCUT2D eigenvalue weighted by Crippen LogP contribution is -2.39. The number of nitrogens with one attached hydrogen (secondary N) is 1. The quantitative estimate of drug-likeness (QED) is 0.590. The molecule has 0 fully saturated rings. The molecule has 27 heavy (non-hydrogen) atoms. The van der Waals surface area contributed by atoms with Crippen LogP contribution in [0, 0.1) is 5.82 Å². The molecule has 0 saturated carbocycles. The number of amides is 1. The Hall–Kier alpha value is -3.15. The number of carbonyl (C=O) groups excluding carboxylic acids is 1. The van der Waals surface area contributed by atoms with Crippen molar-refractivity contribution in [1.82, 2.24) is 19.4 Å². The highest BCUT2D eigenvalue weighted by Gasteiger charge is 2.28. The van der Waals surface area contributed by atoms with Crippen LogP contribution in [0.1, 0.15) is 24.2 Å². The molecule has 6 heteroatoms. The van der Waals surface area contributed by atoms with Crippen LogP contribution in [0.5, 0.6) is 0 Å². The summed E-state index contributed by atoms with van der Waals surface area (Å²) in [6.07, 6.45) is 2.47. The monoisotopic (exact) mass is 362 g/mol. The molecule has 0 spiro atoms. The van der Waals surface area contributed by atoms with Gasteiger partial charge in [0.25, 0.3) is 0 Å². The Bertz CT molecular complexity index is 1180. The fourth-order valence-electron chi connectivity index (χ4n) is 4.04. The molecular weight excluding hydrogens is 343 g/mol. The van der Waals surface area contributed by atoms with Gasteiger partial charge in [0.2, 0.25) is 5.91 Å². The first-order valence-electron chi connectivity index (χ1n) is 9.11. The lowest BCUT2D eigenvalue weighted by Gasteiger charge is -2.30. The van der Waals surface area contributed by atoms with Crippen LogP contribution in [0.3, 0.4) is 0 Å². The van der Waals surface area contributed by atoms with E-state index in [1.54, 1.807) is 18.5 Å². The molecule has 5 rings (SSSR count). The fourth-order valence-corrected chi connectivity index (χ4v) is 4.04. The minimum Gasteiger partial charge on any atom is -0.358 e. The molecule has 5 nitrogen and oxygen atoms in total. The summed E-state index contributed by atoms with van der Waals surface area (Å²) >= 11 is 0. The maximum atomic E-state index is 13.7. The van der Waals surface area contributed by atoms with Gasteiger partial charge in [-0.15, -0.1) is 0 Å². The van der Waals surface area contributed by atoms with E-state index in [-0.39, 0.29) is 17.8 Å². The number of halogens is 1. The summed E-state index contributed by atoms with van der Waals surface area (Å²) in [4.78, 5) is 22.8. The number of rotatable bonds is 2. The Labute approximate surface area is 155 Å². The van der Waals surface area contributed by atoms with Crippen LogP contribution in [-0.2, 0) is 17.8 Å². The third-order valence-electron chi connectivity index (χ3n) is 5.50. The summed E-state index contributed by atoms with van der Waals surface area (Å²) in [5.74, 6) is -0.208. The largest absolute Gasteiger partial charge is 0.358 e. The van der Waals surface area contributed by atoms with E-state index in [1.807, 2.05) is 40.7 Å². The molecule has 0 saturated heterocycles. The zero-order valence-electron chi connectivity index (χ0n) is 14.9. The van der Waals surface area contributed by atoms with Crippen molar-refractivity contribution in [3.63, 3.8) is 0 Å². The third-order valence-corrected chi connectivity index (χ3v) is 5.50. The number of para-hydroxylation sites is 2. The van der Waals surface area contributed by atoms with Gasteiger partial charge in [-0.3, -0.25) is 4.79 Å². The molecule has 0 aliphatic carbocycles. The van der Waals surface area contributed by atoms with Gasteiger partial charge in [0.05, 0.1) is 17.4 Å². The number of nitrogens with zero attached hydrogens (tertiary/aromatic N) is 3. The summed E-state index contributed by atoms with van der Waals surface area (Å²) in [5, 5.41) is 0.864. The zero-order valence-corrected chi connectivity index (χ0v) is 14.9. The van der Waals surface area contributed by atoms with Crippen LogP contribution in [0.15, 0.2) is 48.8 Å². The number of aromatic amines is 1. The summed E-state index contributed by atoms with van der Waals surface area (Å²) in [7, 11) is 0. The maximum Gasteiger partial charge on any atom is 0.245 e. The maximum absolute atomic E-state index is 13.7.